The number of carbonyl (C=O) groups is 1. The minimum atomic E-state index is -3.87. The van der Waals surface area contributed by atoms with Crippen molar-refractivity contribution in [3.8, 4) is 5.75 Å². The van der Waals surface area contributed by atoms with E-state index in [4.69, 9.17) is 4.74 Å². The van der Waals surface area contributed by atoms with Gasteiger partial charge in [-0.25, -0.2) is 8.42 Å². The molecule has 1 atom stereocenters. The van der Waals surface area contributed by atoms with Crippen LogP contribution >= 0.6 is 0 Å². The van der Waals surface area contributed by atoms with Crippen LogP contribution in [-0.2, 0) is 21.4 Å². The molecule has 0 spiro atoms. The molecule has 1 saturated heterocycles. The molecule has 0 bridgehead atoms. The topological polar surface area (TPSA) is 79.0 Å². The Kier molecular flexibility index (Phi) is 6.87. The summed E-state index contributed by atoms with van der Waals surface area (Å²) in [6.45, 7) is 4.30. The zero-order valence-electron chi connectivity index (χ0n) is 20.4. The van der Waals surface area contributed by atoms with Crippen LogP contribution in [0.1, 0.15) is 30.4 Å². The molecule has 7 nitrogen and oxygen atoms in total. The molecule has 5 rings (SSSR count). The number of nitrogens with zero attached hydrogens (tertiary/aromatic N) is 2. The Morgan fingerprint density at radius 2 is 1.64 bits per heavy atom. The number of anilines is 2. The van der Waals surface area contributed by atoms with Gasteiger partial charge in [0.2, 0.25) is 0 Å². The molecule has 2 aliphatic rings. The van der Waals surface area contributed by atoms with E-state index in [-0.39, 0.29) is 17.3 Å². The van der Waals surface area contributed by atoms with Crippen molar-refractivity contribution in [3.63, 3.8) is 0 Å². The summed E-state index contributed by atoms with van der Waals surface area (Å²) >= 11 is 0. The second-order valence-electron chi connectivity index (χ2n) is 9.36. The Labute approximate surface area is 212 Å². The summed E-state index contributed by atoms with van der Waals surface area (Å²) in [5.41, 5.74) is 3.58. The third-order valence-electron chi connectivity index (χ3n) is 6.76. The zero-order chi connectivity index (χ0) is 25.1. The van der Waals surface area contributed by atoms with Gasteiger partial charge in [0.25, 0.3) is 15.9 Å². The number of para-hydroxylation sites is 2. The number of benzene rings is 3. The molecule has 3 aromatic carbocycles. The number of carbonyl (C=O) groups excluding carboxylic acids is 1. The number of sulfonamides is 1. The summed E-state index contributed by atoms with van der Waals surface area (Å²) in [5, 5.41) is 2.92. The lowest BCUT2D eigenvalue weighted by molar-refractivity contribution is -0.127. The number of amides is 1. The number of hydrogen-bond acceptors (Lipinski definition) is 5. The number of fused-ring (bicyclic) bond motifs is 1. The van der Waals surface area contributed by atoms with Gasteiger partial charge in [-0.05, 0) is 68.1 Å². The van der Waals surface area contributed by atoms with E-state index in [2.05, 4.69) is 22.3 Å². The van der Waals surface area contributed by atoms with E-state index in [0.29, 0.717) is 18.0 Å². The van der Waals surface area contributed by atoms with Crippen LogP contribution in [0.25, 0.3) is 0 Å². The van der Waals surface area contributed by atoms with Crippen LogP contribution in [0.5, 0.6) is 5.75 Å². The molecule has 2 heterocycles. The summed E-state index contributed by atoms with van der Waals surface area (Å²) in [4.78, 5) is 15.7. The van der Waals surface area contributed by atoms with Gasteiger partial charge >= 0.3 is 0 Å². The van der Waals surface area contributed by atoms with Crippen LogP contribution in [0.4, 0.5) is 11.4 Å². The smallest absolute Gasteiger partial charge is 0.264 e. The van der Waals surface area contributed by atoms with Crippen molar-refractivity contribution in [2.45, 2.75) is 43.7 Å². The van der Waals surface area contributed by atoms with Crippen molar-refractivity contribution >= 4 is 27.3 Å². The molecule has 0 radical (unpaired) electrons. The summed E-state index contributed by atoms with van der Waals surface area (Å²) in [6.07, 6.45) is 2.77. The van der Waals surface area contributed by atoms with Gasteiger partial charge in [-0.3, -0.25) is 9.10 Å². The summed E-state index contributed by atoms with van der Waals surface area (Å²) < 4.78 is 34.2. The van der Waals surface area contributed by atoms with Crippen molar-refractivity contribution in [1.82, 2.24) is 5.32 Å². The van der Waals surface area contributed by atoms with Gasteiger partial charge in [-0.15, -0.1) is 0 Å². The van der Waals surface area contributed by atoms with E-state index in [1.165, 1.54) is 29.3 Å². The van der Waals surface area contributed by atoms with Crippen molar-refractivity contribution < 1.29 is 17.9 Å². The Balaban J connectivity index is 1.29. The van der Waals surface area contributed by atoms with Gasteiger partial charge in [0, 0.05) is 25.3 Å². The third kappa shape index (κ3) is 5.04. The van der Waals surface area contributed by atoms with Gasteiger partial charge in [0.05, 0.1) is 17.1 Å². The van der Waals surface area contributed by atoms with Crippen LogP contribution in [-0.4, -0.2) is 40.1 Å². The van der Waals surface area contributed by atoms with Crippen molar-refractivity contribution in [1.29, 1.82) is 0 Å². The van der Waals surface area contributed by atoms with Crippen molar-refractivity contribution in [2.24, 2.45) is 0 Å². The largest absolute Gasteiger partial charge is 0.476 e. The highest BCUT2D eigenvalue weighted by molar-refractivity contribution is 7.92. The van der Waals surface area contributed by atoms with Crippen LogP contribution in [0.3, 0.4) is 0 Å². The van der Waals surface area contributed by atoms with Gasteiger partial charge in [0.15, 0.2) is 6.10 Å². The molecular weight excluding hydrogens is 474 g/mol. The van der Waals surface area contributed by atoms with E-state index in [1.807, 2.05) is 19.1 Å². The molecule has 188 valence electrons. The molecule has 1 fully saturated rings. The predicted octanol–water partition coefficient (Wildman–Crippen LogP) is 4.26. The first-order valence-corrected chi connectivity index (χ1v) is 13.8. The van der Waals surface area contributed by atoms with Gasteiger partial charge in [-0.1, -0.05) is 42.0 Å². The van der Waals surface area contributed by atoms with Crippen LogP contribution in [0.15, 0.2) is 77.7 Å². The Morgan fingerprint density at radius 1 is 0.944 bits per heavy atom. The van der Waals surface area contributed by atoms with E-state index in [9.17, 15) is 13.2 Å². The first-order chi connectivity index (χ1) is 17.4. The highest BCUT2D eigenvalue weighted by atomic mass is 32.2. The molecule has 0 aromatic heterocycles. The Hall–Kier alpha value is -3.52. The number of hydrogen-bond donors (Lipinski definition) is 1. The zero-order valence-corrected chi connectivity index (χ0v) is 21.2. The fourth-order valence-electron chi connectivity index (χ4n) is 4.68. The van der Waals surface area contributed by atoms with Crippen LogP contribution < -0.4 is 19.3 Å². The number of nitrogens with one attached hydrogen (secondary N) is 1. The standard InChI is InChI=1S/C28H31N3O4S/c1-21-9-15-24(16-10-21)36(33,34)31-20-27(35-26-8-4-3-7-25(26)31)28(32)29-19-22-11-13-23(14-12-22)30-17-5-2-6-18-30/h3-4,7-16,27H,2,5-6,17-20H2,1H3,(H,29,32). The average molecular weight is 506 g/mol. The normalized spacial score (nSPS) is 17.8. The number of ether oxygens (including phenoxy) is 1. The molecule has 1 amide bonds. The second-order valence-corrected chi connectivity index (χ2v) is 11.2. The summed E-state index contributed by atoms with van der Waals surface area (Å²) in [5.74, 6) is 0.0131. The maximum Gasteiger partial charge on any atom is 0.264 e. The predicted molar refractivity (Wildman–Crippen MR) is 141 cm³/mol. The van der Waals surface area contributed by atoms with Gasteiger partial charge in [-0.2, -0.15) is 0 Å². The fraction of sp³-hybridized carbons (Fsp3) is 0.321. The number of rotatable bonds is 6. The van der Waals surface area contributed by atoms with E-state index in [0.717, 1.165) is 24.2 Å². The monoisotopic (exact) mass is 505 g/mol. The first kappa shape index (κ1) is 24.2. The maximum absolute atomic E-state index is 13.5. The summed E-state index contributed by atoms with van der Waals surface area (Å²) in [6, 6.07) is 21.8. The van der Waals surface area contributed by atoms with E-state index in [1.54, 1.807) is 48.5 Å². The van der Waals surface area contributed by atoms with E-state index < -0.39 is 16.1 Å². The van der Waals surface area contributed by atoms with Crippen molar-refractivity contribution in [3.05, 3.63) is 83.9 Å². The molecule has 3 aromatic rings. The third-order valence-corrected chi connectivity index (χ3v) is 8.55. The van der Waals surface area contributed by atoms with Gasteiger partial charge in [0.1, 0.15) is 5.75 Å². The molecular formula is C28H31N3O4S. The lowest BCUT2D eigenvalue weighted by Gasteiger charge is -2.34. The van der Waals surface area contributed by atoms with Gasteiger partial charge < -0.3 is 15.0 Å². The number of aryl methyl sites for hydroxylation is 1. The van der Waals surface area contributed by atoms with E-state index >= 15 is 0 Å². The van der Waals surface area contributed by atoms with Crippen molar-refractivity contribution in [2.75, 3.05) is 28.8 Å². The molecule has 1 N–H and O–H groups in total. The highest BCUT2D eigenvalue weighted by Crippen LogP contribution is 2.36. The number of piperidine rings is 1. The molecule has 1 unspecified atom stereocenters. The molecule has 8 heteroatoms. The lowest BCUT2D eigenvalue weighted by atomic mass is 10.1. The molecule has 0 saturated carbocycles. The lowest BCUT2D eigenvalue weighted by Crippen LogP contribution is -2.50. The van der Waals surface area contributed by atoms with Crippen LogP contribution in [0.2, 0.25) is 0 Å². The molecule has 0 aliphatic carbocycles. The Bertz CT molecular complexity index is 1320. The SMILES string of the molecule is Cc1ccc(S(=O)(=O)N2CC(C(=O)NCc3ccc(N4CCCCC4)cc3)Oc3ccccc32)cc1. The average Bonchev–Trinajstić information content (AvgIpc) is 2.92. The summed E-state index contributed by atoms with van der Waals surface area (Å²) in [7, 11) is -3.87. The minimum absolute atomic E-state index is 0.104. The maximum atomic E-state index is 13.5. The fourth-order valence-corrected chi connectivity index (χ4v) is 6.16. The quantitative estimate of drug-likeness (QED) is 0.542. The first-order valence-electron chi connectivity index (χ1n) is 12.4. The molecule has 36 heavy (non-hydrogen) atoms. The van der Waals surface area contributed by atoms with Crippen LogP contribution in [0, 0.1) is 6.92 Å². The second kappa shape index (κ2) is 10.2. The Morgan fingerprint density at radius 3 is 2.36 bits per heavy atom. The molecule has 2 aliphatic heterocycles. The minimum Gasteiger partial charge on any atom is -0.476 e. The highest BCUT2D eigenvalue weighted by Gasteiger charge is 2.37.